The standard InChI is InChI=1S/C32H41N7O3Si/c1-21-13-24(9-11-41-21)39-30-26-14-22(16-33)7-8-27(26)34-18-28(30)36-31(39)23-15-29(40)38(19-23)25-17-35-37(20-25)10-12-42-43(5,6)32(2,3)4/h7-8,14,17-18,20-21,23-24H,9-13,15,19H2,1-6H3/t21-,23?,24-/m1/s1. The van der Waals surface area contributed by atoms with Gasteiger partial charge in [0.25, 0.3) is 0 Å². The van der Waals surface area contributed by atoms with E-state index in [0.717, 1.165) is 46.3 Å². The number of hydrogen-bond acceptors (Lipinski definition) is 7. The molecule has 2 aliphatic rings. The van der Waals surface area contributed by atoms with Crippen molar-refractivity contribution in [1.82, 2.24) is 24.3 Å². The number of pyridine rings is 1. The number of benzene rings is 1. The van der Waals surface area contributed by atoms with Crippen molar-refractivity contribution in [2.45, 2.75) is 89.7 Å². The topological polar surface area (TPSA) is 111 Å². The van der Waals surface area contributed by atoms with E-state index in [2.05, 4.69) is 61.5 Å². The predicted octanol–water partition coefficient (Wildman–Crippen LogP) is 5.93. The van der Waals surface area contributed by atoms with Gasteiger partial charge in [0.2, 0.25) is 5.91 Å². The third-order valence-corrected chi connectivity index (χ3v) is 14.0. The van der Waals surface area contributed by atoms with Gasteiger partial charge >= 0.3 is 0 Å². The van der Waals surface area contributed by atoms with Gasteiger partial charge < -0.3 is 18.6 Å². The van der Waals surface area contributed by atoms with E-state index in [1.807, 2.05) is 34.1 Å². The van der Waals surface area contributed by atoms with Crippen LogP contribution in [0.15, 0.2) is 36.8 Å². The molecule has 0 N–H and O–H groups in total. The van der Waals surface area contributed by atoms with Crippen molar-refractivity contribution >= 4 is 41.8 Å². The van der Waals surface area contributed by atoms with E-state index in [0.29, 0.717) is 38.3 Å². The molecule has 11 heteroatoms. The second kappa shape index (κ2) is 11.2. The number of carbonyl (C=O) groups excluding carboxylic acids is 1. The molecule has 2 aliphatic heterocycles. The normalized spacial score (nSPS) is 21.7. The zero-order valence-corrected chi connectivity index (χ0v) is 27.0. The Bertz CT molecular complexity index is 1710. The number of nitrogens with zero attached hydrogens (tertiary/aromatic N) is 7. The smallest absolute Gasteiger partial charge is 0.227 e. The SMILES string of the molecule is C[C@@H]1C[C@H](n2c(C3CC(=O)N(c4cnn(CCO[Si](C)(C)C(C)(C)C)c4)C3)nc3cnc4ccc(C#N)cc4c32)CCO1. The Morgan fingerprint density at radius 1 is 1.21 bits per heavy atom. The van der Waals surface area contributed by atoms with Gasteiger partial charge in [0.15, 0.2) is 8.32 Å². The first-order valence-corrected chi connectivity index (χ1v) is 18.1. The van der Waals surface area contributed by atoms with Gasteiger partial charge in [-0.25, -0.2) is 4.98 Å². The van der Waals surface area contributed by atoms with E-state index in [1.165, 1.54) is 0 Å². The largest absolute Gasteiger partial charge is 0.415 e. The number of carbonyl (C=O) groups is 1. The highest BCUT2D eigenvalue weighted by Crippen LogP contribution is 2.40. The quantitative estimate of drug-likeness (QED) is 0.242. The lowest BCUT2D eigenvalue weighted by Gasteiger charge is -2.36. The van der Waals surface area contributed by atoms with Gasteiger partial charge in [0, 0.05) is 43.1 Å². The molecule has 0 saturated carbocycles. The van der Waals surface area contributed by atoms with Crippen molar-refractivity contribution in [1.29, 1.82) is 5.26 Å². The maximum Gasteiger partial charge on any atom is 0.227 e. The van der Waals surface area contributed by atoms with E-state index < -0.39 is 8.32 Å². The van der Waals surface area contributed by atoms with Gasteiger partial charge in [0.05, 0.1) is 60.0 Å². The van der Waals surface area contributed by atoms with E-state index >= 15 is 0 Å². The Morgan fingerprint density at radius 2 is 2.02 bits per heavy atom. The molecule has 2 saturated heterocycles. The number of imidazole rings is 1. The molecule has 2 fully saturated rings. The van der Waals surface area contributed by atoms with E-state index in [-0.39, 0.29) is 29.0 Å². The van der Waals surface area contributed by atoms with Crippen LogP contribution in [0.25, 0.3) is 21.9 Å². The zero-order valence-electron chi connectivity index (χ0n) is 26.0. The molecule has 1 aromatic carbocycles. The number of hydrogen-bond donors (Lipinski definition) is 0. The molecule has 6 rings (SSSR count). The third-order valence-electron chi connectivity index (χ3n) is 9.51. The predicted molar refractivity (Wildman–Crippen MR) is 169 cm³/mol. The van der Waals surface area contributed by atoms with Crippen LogP contribution in [0.2, 0.25) is 18.1 Å². The van der Waals surface area contributed by atoms with Crippen LogP contribution in [-0.4, -0.2) is 64.4 Å². The number of amides is 1. The lowest BCUT2D eigenvalue weighted by molar-refractivity contribution is -0.117. The minimum atomic E-state index is -1.84. The molecule has 0 radical (unpaired) electrons. The second-order valence-electron chi connectivity index (χ2n) is 13.5. The van der Waals surface area contributed by atoms with E-state index in [4.69, 9.17) is 14.1 Å². The van der Waals surface area contributed by atoms with Crippen LogP contribution in [0.5, 0.6) is 0 Å². The summed E-state index contributed by atoms with van der Waals surface area (Å²) in [6.07, 6.45) is 7.75. The van der Waals surface area contributed by atoms with Crippen LogP contribution in [0, 0.1) is 11.3 Å². The van der Waals surface area contributed by atoms with Crippen molar-refractivity contribution < 1.29 is 14.0 Å². The first-order chi connectivity index (χ1) is 20.4. The summed E-state index contributed by atoms with van der Waals surface area (Å²) in [6, 6.07) is 8.04. The minimum absolute atomic E-state index is 0.0655. The van der Waals surface area contributed by atoms with Crippen LogP contribution in [-0.2, 0) is 20.5 Å². The number of fused-ring (bicyclic) bond motifs is 3. The highest BCUT2D eigenvalue weighted by atomic mass is 28.4. The fourth-order valence-electron chi connectivity index (χ4n) is 6.09. The summed E-state index contributed by atoms with van der Waals surface area (Å²) >= 11 is 0. The van der Waals surface area contributed by atoms with Crippen LogP contribution < -0.4 is 4.90 Å². The summed E-state index contributed by atoms with van der Waals surface area (Å²) < 4.78 is 16.4. The molecule has 226 valence electrons. The molecule has 1 amide bonds. The summed E-state index contributed by atoms with van der Waals surface area (Å²) in [5, 5.41) is 15.2. The molecule has 0 aliphatic carbocycles. The van der Waals surface area contributed by atoms with Crippen LogP contribution in [0.3, 0.4) is 0 Å². The number of nitriles is 1. The Labute approximate surface area is 253 Å². The molecular weight excluding hydrogens is 558 g/mol. The average molecular weight is 600 g/mol. The molecule has 4 aromatic rings. The van der Waals surface area contributed by atoms with Gasteiger partial charge in [-0.3, -0.25) is 14.5 Å². The monoisotopic (exact) mass is 599 g/mol. The van der Waals surface area contributed by atoms with Crippen LogP contribution >= 0.6 is 0 Å². The molecular formula is C32H41N7O3Si. The lowest BCUT2D eigenvalue weighted by atomic mass is 10.0. The highest BCUT2D eigenvalue weighted by molar-refractivity contribution is 6.74. The first-order valence-electron chi connectivity index (χ1n) is 15.2. The molecule has 3 atom stereocenters. The Kier molecular flexibility index (Phi) is 7.65. The average Bonchev–Trinajstić information content (AvgIpc) is 3.68. The zero-order chi connectivity index (χ0) is 30.5. The summed E-state index contributed by atoms with van der Waals surface area (Å²) in [5.74, 6) is 0.880. The van der Waals surface area contributed by atoms with Crippen LogP contribution in [0.4, 0.5) is 5.69 Å². The molecule has 0 bridgehead atoms. The number of aromatic nitrogens is 5. The molecule has 10 nitrogen and oxygen atoms in total. The Balaban J connectivity index is 1.30. The van der Waals surface area contributed by atoms with Crippen LogP contribution in [0.1, 0.15) is 70.3 Å². The van der Waals surface area contributed by atoms with Gasteiger partial charge in [-0.2, -0.15) is 10.4 Å². The van der Waals surface area contributed by atoms with Gasteiger partial charge in [-0.15, -0.1) is 0 Å². The van der Waals surface area contributed by atoms with E-state index in [1.54, 1.807) is 12.3 Å². The lowest BCUT2D eigenvalue weighted by Crippen LogP contribution is -2.41. The number of anilines is 1. The van der Waals surface area contributed by atoms with Crippen molar-refractivity contribution in [3.63, 3.8) is 0 Å². The minimum Gasteiger partial charge on any atom is -0.415 e. The Morgan fingerprint density at radius 3 is 2.77 bits per heavy atom. The van der Waals surface area contributed by atoms with Crippen molar-refractivity contribution in [2.75, 3.05) is 24.7 Å². The first kappa shape index (κ1) is 29.5. The fourth-order valence-corrected chi connectivity index (χ4v) is 7.12. The number of rotatable bonds is 7. The fraction of sp³-hybridized carbons (Fsp3) is 0.531. The third kappa shape index (κ3) is 5.59. The molecule has 0 spiro atoms. The summed E-state index contributed by atoms with van der Waals surface area (Å²) in [7, 11) is -1.84. The maximum atomic E-state index is 13.4. The molecule has 5 heterocycles. The Hall–Kier alpha value is -3.59. The molecule has 43 heavy (non-hydrogen) atoms. The summed E-state index contributed by atoms with van der Waals surface area (Å²) in [4.78, 5) is 25.0. The summed E-state index contributed by atoms with van der Waals surface area (Å²) in [6.45, 7) is 15.7. The van der Waals surface area contributed by atoms with Gasteiger partial charge in [-0.05, 0) is 56.1 Å². The maximum absolute atomic E-state index is 13.4. The van der Waals surface area contributed by atoms with Crippen molar-refractivity contribution in [3.05, 3.63) is 48.2 Å². The highest BCUT2D eigenvalue weighted by Gasteiger charge is 2.38. The van der Waals surface area contributed by atoms with Gasteiger partial charge in [0.1, 0.15) is 11.3 Å². The summed E-state index contributed by atoms with van der Waals surface area (Å²) in [5.41, 5.74) is 3.99. The van der Waals surface area contributed by atoms with E-state index in [9.17, 15) is 10.1 Å². The van der Waals surface area contributed by atoms with Crippen molar-refractivity contribution in [3.8, 4) is 6.07 Å². The molecule has 3 aromatic heterocycles. The van der Waals surface area contributed by atoms with Crippen molar-refractivity contribution in [2.24, 2.45) is 0 Å². The van der Waals surface area contributed by atoms with Gasteiger partial charge in [-0.1, -0.05) is 20.8 Å². The second-order valence-corrected chi connectivity index (χ2v) is 18.3. The molecule has 1 unspecified atom stereocenters. The number of ether oxygens (including phenoxy) is 1.